The van der Waals surface area contributed by atoms with E-state index in [2.05, 4.69) is 15.1 Å². The number of ether oxygens (including phenoxy) is 1. The number of anilines is 1. The molecule has 0 radical (unpaired) electrons. The van der Waals surface area contributed by atoms with E-state index in [1.54, 1.807) is 23.7 Å². The molecule has 0 spiro atoms. The average Bonchev–Trinajstić information content (AvgIpc) is 2.92. The number of aliphatic hydroxyl groups is 1. The van der Waals surface area contributed by atoms with Crippen LogP contribution >= 0.6 is 23.2 Å². The van der Waals surface area contributed by atoms with Gasteiger partial charge in [0.25, 0.3) is 0 Å². The van der Waals surface area contributed by atoms with Crippen molar-refractivity contribution in [2.45, 2.75) is 12.5 Å². The van der Waals surface area contributed by atoms with E-state index in [9.17, 15) is 5.11 Å². The summed E-state index contributed by atoms with van der Waals surface area (Å²) in [5.74, 6) is 0.637. The summed E-state index contributed by atoms with van der Waals surface area (Å²) in [5, 5.41) is 16.0. The summed E-state index contributed by atoms with van der Waals surface area (Å²) in [6, 6.07) is 3.56. The van der Waals surface area contributed by atoms with Crippen LogP contribution in [-0.2, 0) is 4.74 Å². The molecular weight excluding hydrogens is 353 g/mol. The van der Waals surface area contributed by atoms with Crippen LogP contribution < -0.4 is 4.90 Å². The maximum absolute atomic E-state index is 10.5. The fraction of sp³-hybridized carbons (Fsp3) is 0.400. The molecule has 1 saturated heterocycles. The molecule has 3 aromatic heterocycles. The van der Waals surface area contributed by atoms with Gasteiger partial charge in [-0.15, -0.1) is 0 Å². The number of hydrogen-bond acceptors (Lipinski definition) is 6. The first-order chi connectivity index (χ1) is 11.4. The molecule has 4 heterocycles. The number of aromatic nitrogens is 4. The Kier molecular flexibility index (Phi) is 3.76. The number of hydrogen-bond donors (Lipinski definition) is 1. The highest BCUT2D eigenvalue weighted by Crippen LogP contribution is 2.32. The van der Waals surface area contributed by atoms with E-state index < -0.39 is 5.60 Å². The number of pyridine rings is 1. The van der Waals surface area contributed by atoms with Crippen LogP contribution in [0.2, 0.25) is 10.4 Å². The number of fused-ring (bicyclic) bond motifs is 3. The summed E-state index contributed by atoms with van der Waals surface area (Å²) < 4.78 is 7.11. The van der Waals surface area contributed by atoms with Crippen LogP contribution in [0, 0.1) is 0 Å². The second-order valence-corrected chi connectivity index (χ2v) is 6.87. The van der Waals surface area contributed by atoms with E-state index in [1.165, 1.54) is 0 Å². The van der Waals surface area contributed by atoms with Crippen molar-refractivity contribution in [3.05, 3.63) is 28.8 Å². The van der Waals surface area contributed by atoms with Crippen molar-refractivity contribution < 1.29 is 9.84 Å². The molecule has 126 valence electrons. The Bertz CT molecular complexity index is 927. The predicted molar refractivity (Wildman–Crippen MR) is 92.0 cm³/mol. The molecule has 0 aliphatic carbocycles. The Morgan fingerprint density at radius 2 is 2.17 bits per heavy atom. The van der Waals surface area contributed by atoms with E-state index >= 15 is 0 Å². The maximum Gasteiger partial charge on any atom is 0.224 e. The van der Waals surface area contributed by atoms with Gasteiger partial charge in [0.15, 0.2) is 0 Å². The standard InChI is InChI=1S/C15H15Cl2N5O2/c1-15(23)7-21(4-5-24-8-15)13-12-9(19-14(17)20-13)6-11(16)22-10(12)2-3-18-22/h2-3,6,23H,4-5,7-8H2,1H3. The van der Waals surface area contributed by atoms with Gasteiger partial charge in [0, 0.05) is 12.6 Å². The average molecular weight is 368 g/mol. The highest BCUT2D eigenvalue weighted by atomic mass is 35.5. The lowest BCUT2D eigenvalue weighted by Crippen LogP contribution is -2.42. The molecule has 7 nitrogen and oxygen atoms in total. The van der Waals surface area contributed by atoms with Gasteiger partial charge in [-0.25, -0.2) is 9.50 Å². The van der Waals surface area contributed by atoms with Gasteiger partial charge in [-0.2, -0.15) is 10.1 Å². The van der Waals surface area contributed by atoms with Crippen molar-refractivity contribution in [3.63, 3.8) is 0 Å². The summed E-state index contributed by atoms with van der Waals surface area (Å²) >= 11 is 12.4. The summed E-state index contributed by atoms with van der Waals surface area (Å²) in [7, 11) is 0. The molecule has 1 atom stereocenters. The number of β-amino-alcohol motifs (C(OH)–C–C–N with tert-alkyl or cyclic N) is 1. The number of rotatable bonds is 1. The van der Waals surface area contributed by atoms with Crippen LogP contribution in [0.5, 0.6) is 0 Å². The van der Waals surface area contributed by atoms with Crippen molar-refractivity contribution in [1.29, 1.82) is 0 Å². The fourth-order valence-electron chi connectivity index (χ4n) is 3.04. The number of halogens is 2. The summed E-state index contributed by atoms with van der Waals surface area (Å²) in [4.78, 5) is 10.7. The minimum Gasteiger partial charge on any atom is -0.386 e. The van der Waals surface area contributed by atoms with Gasteiger partial charge in [0.05, 0.1) is 42.4 Å². The summed E-state index contributed by atoms with van der Waals surface area (Å²) in [6.07, 6.45) is 1.67. The molecule has 3 aromatic rings. The molecule has 0 amide bonds. The zero-order valence-electron chi connectivity index (χ0n) is 12.9. The van der Waals surface area contributed by atoms with Gasteiger partial charge in [0.1, 0.15) is 16.6 Å². The second kappa shape index (κ2) is 5.70. The highest BCUT2D eigenvalue weighted by molar-refractivity contribution is 6.31. The summed E-state index contributed by atoms with van der Waals surface area (Å²) in [6.45, 7) is 3.46. The molecule has 0 aromatic carbocycles. The van der Waals surface area contributed by atoms with Crippen molar-refractivity contribution in [3.8, 4) is 0 Å². The molecule has 0 saturated carbocycles. The third-order valence-electron chi connectivity index (χ3n) is 4.00. The number of nitrogens with zero attached hydrogens (tertiary/aromatic N) is 5. The molecule has 4 rings (SSSR count). The fourth-order valence-corrected chi connectivity index (χ4v) is 3.45. The molecule has 24 heavy (non-hydrogen) atoms. The first-order valence-electron chi connectivity index (χ1n) is 7.49. The Labute approximate surface area is 147 Å². The molecule has 1 fully saturated rings. The minimum absolute atomic E-state index is 0.127. The van der Waals surface area contributed by atoms with E-state index in [4.69, 9.17) is 27.9 Å². The van der Waals surface area contributed by atoms with Crippen LogP contribution in [0.1, 0.15) is 6.92 Å². The molecule has 0 bridgehead atoms. The van der Waals surface area contributed by atoms with Crippen LogP contribution in [0.25, 0.3) is 16.4 Å². The monoisotopic (exact) mass is 367 g/mol. The van der Waals surface area contributed by atoms with E-state index in [-0.39, 0.29) is 11.9 Å². The predicted octanol–water partition coefficient (Wildman–Crippen LogP) is 2.17. The molecule has 1 unspecified atom stereocenters. The second-order valence-electron chi connectivity index (χ2n) is 6.14. The largest absolute Gasteiger partial charge is 0.386 e. The lowest BCUT2D eigenvalue weighted by Gasteiger charge is -2.29. The smallest absolute Gasteiger partial charge is 0.224 e. The van der Waals surface area contributed by atoms with Crippen molar-refractivity contribution >= 4 is 45.4 Å². The molecule has 9 heteroatoms. The van der Waals surface area contributed by atoms with Gasteiger partial charge < -0.3 is 14.7 Å². The SMILES string of the molecule is CC1(O)COCCN(c2nc(Cl)nc3cc(Cl)n4nccc4c23)C1. The topological polar surface area (TPSA) is 75.8 Å². The first-order valence-corrected chi connectivity index (χ1v) is 8.25. The third-order valence-corrected chi connectivity index (χ3v) is 4.44. The quantitative estimate of drug-likeness (QED) is 0.524. The van der Waals surface area contributed by atoms with Crippen LogP contribution in [0.4, 0.5) is 5.82 Å². The van der Waals surface area contributed by atoms with Gasteiger partial charge in [-0.05, 0) is 24.6 Å². The lowest BCUT2D eigenvalue weighted by molar-refractivity contribution is -0.0123. The highest BCUT2D eigenvalue weighted by Gasteiger charge is 2.30. The Morgan fingerprint density at radius 3 is 3.00 bits per heavy atom. The van der Waals surface area contributed by atoms with E-state index in [0.717, 1.165) is 10.9 Å². The maximum atomic E-state index is 10.5. The van der Waals surface area contributed by atoms with E-state index in [1.807, 2.05) is 11.0 Å². The van der Waals surface area contributed by atoms with Gasteiger partial charge in [0.2, 0.25) is 5.28 Å². The normalized spacial score (nSPS) is 22.2. The lowest BCUT2D eigenvalue weighted by atomic mass is 10.1. The Morgan fingerprint density at radius 1 is 1.33 bits per heavy atom. The van der Waals surface area contributed by atoms with Crippen molar-refractivity contribution in [2.75, 3.05) is 31.2 Å². The van der Waals surface area contributed by atoms with Gasteiger partial charge in [-0.3, -0.25) is 0 Å². The van der Waals surface area contributed by atoms with Crippen molar-refractivity contribution in [1.82, 2.24) is 19.6 Å². The van der Waals surface area contributed by atoms with Crippen molar-refractivity contribution in [2.24, 2.45) is 0 Å². The first kappa shape index (κ1) is 15.8. The molecule has 1 aliphatic rings. The van der Waals surface area contributed by atoms with Gasteiger partial charge >= 0.3 is 0 Å². The Hall–Kier alpha value is -1.67. The summed E-state index contributed by atoms with van der Waals surface area (Å²) in [5.41, 5.74) is 0.435. The molecule has 1 N–H and O–H groups in total. The van der Waals surface area contributed by atoms with Crippen LogP contribution in [0.15, 0.2) is 18.3 Å². The zero-order valence-corrected chi connectivity index (χ0v) is 14.4. The molecular formula is C15H15Cl2N5O2. The minimum atomic E-state index is -0.983. The zero-order chi connectivity index (χ0) is 16.9. The van der Waals surface area contributed by atoms with E-state index in [0.29, 0.717) is 36.2 Å². The molecule has 1 aliphatic heterocycles. The van der Waals surface area contributed by atoms with Gasteiger partial charge in [-0.1, -0.05) is 11.6 Å². The van der Waals surface area contributed by atoms with Crippen LogP contribution in [0.3, 0.4) is 0 Å². The Balaban J connectivity index is 1.98. The van der Waals surface area contributed by atoms with Crippen LogP contribution in [-0.4, -0.2) is 56.6 Å². The third kappa shape index (κ3) is 2.67.